The molecule has 19 heavy (non-hydrogen) atoms. The van der Waals surface area contributed by atoms with E-state index in [9.17, 15) is 9.59 Å². The topological polar surface area (TPSA) is 100 Å². The summed E-state index contributed by atoms with van der Waals surface area (Å²) >= 11 is 0. The summed E-state index contributed by atoms with van der Waals surface area (Å²) in [6.45, 7) is 5.01. The van der Waals surface area contributed by atoms with Crippen molar-refractivity contribution in [3.05, 3.63) is 11.6 Å². The molecule has 8 heteroatoms. The van der Waals surface area contributed by atoms with Crippen molar-refractivity contribution < 1.29 is 14.3 Å². The van der Waals surface area contributed by atoms with Gasteiger partial charge in [-0.25, -0.2) is 4.98 Å². The van der Waals surface area contributed by atoms with Gasteiger partial charge in [-0.05, 0) is 13.8 Å². The van der Waals surface area contributed by atoms with E-state index in [0.717, 1.165) is 0 Å². The first-order valence-corrected chi connectivity index (χ1v) is 6.19. The highest BCUT2D eigenvalue weighted by Gasteiger charge is 2.34. The van der Waals surface area contributed by atoms with Crippen LogP contribution < -0.4 is 5.32 Å². The lowest BCUT2D eigenvalue weighted by Crippen LogP contribution is -2.56. The molecule has 2 amide bonds. The average Bonchev–Trinajstić information content (AvgIpc) is 2.85. The molecule has 104 valence electrons. The van der Waals surface area contributed by atoms with E-state index >= 15 is 0 Å². The number of hydrogen-bond acceptors (Lipinski definition) is 5. The fourth-order valence-electron chi connectivity index (χ4n) is 1.92. The molecule has 1 aliphatic heterocycles. The molecular weight excluding hydrogens is 250 g/mol. The lowest BCUT2D eigenvalue weighted by molar-refractivity contribution is -0.130. The second-order valence-electron chi connectivity index (χ2n) is 4.23. The normalized spacial score (nSPS) is 19.3. The number of aromatic amines is 1. The maximum atomic E-state index is 12.3. The number of nitrogens with zero attached hydrogens (tertiary/aromatic N) is 3. The van der Waals surface area contributed by atoms with Crippen LogP contribution in [0.2, 0.25) is 0 Å². The number of morpholine rings is 1. The first-order valence-electron chi connectivity index (χ1n) is 6.19. The average molecular weight is 267 g/mol. The molecule has 0 aliphatic carbocycles. The number of likely N-dealkylation sites (N-methyl/N-ethyl adjacent to an activating group) is 1. The van der Waals surface area contributed by atoms with Crippen LogP contribution in [0.4, 0.5) is 0 Å². The summed E-state index contributed by atoms with van der Waals surface area (Å²) in [5, 5.41) is 9.14. The van der Waals surface area contributed by atoms with Crippen LogP contribution in [-0.2, 0) is 9.53 Å². The van der Waals surface area contributed by atoms with Gasteiger partial charge in [-0.1, -0.05) is 0 Å². The van der Waals surface area contributed by atoms with Gasteiger partial charge in [-0.3, -0.25) is 14.7 Å². The maximum absolute atomic E-state index is 12.3. The molecule has 2 rings (SSSR count). The van der Waals surface area contributed by atoms with Gasteiger partial charge in [-0.15, -0.1) is 5.10 Å². The minimum absolute atomic E-state index is 0.0775. The smallest absolute Gasteiger partial charge is 0.294 e. The van der Waals surface area contributed by atoms with E-state index in [1.807, 2.05) is 6.92 Å². The number of aryl methyl sites for hydroxylation is 1. The third kappa shape index (κ3) is 2.90. The maximum Gasteiger partial charge on any atom is 0.294 e. The molecule has 8 nitrogen and oxygen atoms in total. The second kappa shape index (κ2) is 5.79. The van der Waals surface area contributed by atoms with Crippen LogP contribution in [0.3, 0.4) is 0 Å². The molecule has 0 bridgehead atoms. The number of hydrogen-bond donors (Lipinski definition) is 2. The summed E-state index contributed by atoms with van der Waals surface area (Å²) in [6, 6.07) is -0.625. The summed E-state index contributed by atoms with van der Waals surface area (Å²) in [4.78, 5) is 29.6. The van der Waals surface area contributed by atoms with Gasteiger partial charge >= 0.3 is 0 Å². The standard InChI is InChI=1S/C11H17N5O3/c1-3-12-10(17)8-6-19-5-4-16(8)11(18)9-13-7(2)14-15-9/h8H,3-6H2,1-2H3,(H,12,17)(H,13,14,15). The molecule has 1 aromatic heterocycles. The van der Waals surface area contributed by atoms with E-state index in [2.05, 4.69) is 20.5 Å². The lowest BCUT2D eigenvalue weighted by Gasteiger charge is -2.33. The predicted molar refractivity (Wildman–Crippen MR) is 65.4 cm³/mol. The molecule has 2 heterocycles. The van der Waals surface area contributed by atoms with Crippen LogP contribution in [0.1, 0.15) is 23.4 Å². The number of carbonyl (C=O) groups is 2. The second-order valence-corrected chi connectivity index (χ2v) is 4.23. The summed E-state index contributed by atoms with van der Waals surface area (Å²) in [5.74, 6) is 0.0616. The molecule has 0 spiro atoms. The number of amides is 2. The minimum Gasteiger partial charge on any atom is -0.377 e. The van der Waals surface area contributed by atoms with E-state index in [-0.39, 0.29) is 24.2 Å². The first-order chi connectivity index (χ1) is 9.13. The van der Waals surface area contributed by atoms with Crippen molar-refractivity contribution >= 4 is 11.8 Å². The van der Waals surface area contributed by atoms with E-state index in [0.29, 0.717) is 25.5 Å². The molecule has 0 saturated carbocycles. The molecule has 1 aliphatic rings. The number of ether oxygens (including phenoxy) is 1. The first kappa shape index (κ1) is 13.5. The Morgan fingerprint density at radius 3 is 3.00 bits per heavy atom. The summed E-state index contributed by atoms with van der Waals surface area (Å²) in [7, 11) is 0. The van der Waals surface area contributed by atoms with Gasteiger partial charge < -0.3 is 15.0 Å². The third-order valence-electron chi connectivity index (χ3n) is 2.83. The molecule has 1 saturated heterocycles. The molecule has 2 N–H and O–H groups in total. The Morgan fingerprint density at radius 2 is 2.37 bits per heavy atom. The monoisotopic (exact) mass is 267 g/mol. The molecule has 0 radical (unpaired) electrons. The van der Waals surface area contributed by atoms with Crippen LogP contribution >= 0.6 is 0 Å². The van der Waals surface area contributed by atoms with Crippen LogP contribution in [-0.4, -0.2) is 64.2 Å². The molecule has 1 aromatic rings. The van der Waals surface area contributed by atoms with Crippen molar-refractivity contribution in [2.45, 2.75) is 19.9 Å². The minimum atomic E-state index is -0.625. The van der Waals surface area contributed by atoms with E-state index in [1.54, 1.807) is 6.92 Å². The van der Waals surface area contributed by atoms with Crippen LogP contribution in [0.5, 0.6) is 0 Å². The summed E-state index contributed by atoms with van der Waals surface area (Å²) in [6.07, 6.45) is 0. The van der Waals surface area contributed by atoms with Crippen LogP contribution in [0.15, 0.2) is 0 Å². The van der Waals surface area contributed by atoms with Crippen molar-refractivity contribution in [3.63, 3.8) is 0 Å². The SMILES string of the molecule is CCNC(=O)C1COCCN1C(=O)c1n[nH]c(C)n1. The van der Waals surface area contributed by atoms with E-state index in [4.69, 9.17) is 4.74 Å². The predicted octanol–water partition coefficient (Wildman–Crippen LogP) is -0.910. The van der Waals surface area contributed by atoms with Crippen LogP contribution in [0, 0.1) is 6.92 Å². The Balaban J connectivity index is 2.15. The summed E-state index contributed by atoms with van der Waals surface area (Å²) < 4.78 is 5.27. The number of nitrogens with one attached hydrogen (secondary N) is 2. The van der Waals surface area contributed by atoms with E-state index < -0.39 is 6.04 Å². The van der Waals surface area contributed by atoms with E-state index in [1.165, 1.54) is 4.90 Å². The summed E-state index contributed by atoms with van der Waals surface area (Å²) in [5.41, 5.74) is 0. The van der Waals surface area contributed by atoms with Gasteiger partial charge in [0.05, 0.1) is 13.2 Å². The zero-order valence-corrected chi connectivity index (χ0v) is 11.0. The Kier molecular flexibility index (Phi) is 4.10. The van der Waals surface area contributed by atoms with Crippen molar-refractivity contribution in [1.29, 1.82) is 0 Å². The van der Waals surface area contributed by atoms with Gasteiger partial charge in [0.1, 0.15) is 11.9 Å². The van der Waals surface area contributed by atoms with Crippen molar-refractivity contribution in [2.75, 3.05) is 26.3 Å². The largest absolute Gasteiger partial charge is 0.377 e. The Morgan fingerprint density at radius 1 is 1.58 bits per heavy atom. The Bertz CT molecular complexity index is 473. The van der Waals surface area contributed by atoms with Crippen molar-refractivity contribution in [3.8, 4) is 0 Å². The number of aromatic nitrogens is 3. The number of H-pyrrole nitrogens is 1. The van der Waals surface area contributed by atoms with Crippen molar-refractivity contribution in [1.82, 2.24) is 25.4 Å². The number of carbonyl (C=O) groups excluding carboxylic acids is 2. The van der Waals surface area contributed by atoms with Crippen LogP contribution in [0.25, 0.3) is 0 Å². The van der Waals surface area contributed by atoms with Gasteiger partial charge in [0.2, 0.25) is 11.7 Å². The molecule has 0 aromatic carbocycles. The third-order valence-corrected chi connectivity index (χ3v) is 2.83. The lowest BCUT2D eigenvalue weighted by atomic mass is 10.2. The fraction of sp³-hybridized carbons (Fsp3) is 0.636. The zero-order chi connectivity index (χ0) is 13.8. The highest BCUT2D eigenvalue weighted by Crippen LogP contribution is 2.10. The molecule has 1 atom stereocenters. The van der Waals surface area contributed by atoms with Gasteiger partial charge in [0, 0.05) is 13.1 Å². The Hall–Kier alpha value is -1.96. The Labute approximate surface area is 110 Å². The molecular formula is C11H17N5O3. The highest BCUT2D eigenvalue weighted by atomic mass is 16.5. The van der Waals surface area contributed by atoms with Gasteiger partial charge in [0.25, 0.3) is 5.91 Å². The quantitative estimate of drug-likeness (QED) is 0.738. The van der Waals surface area contributed by atoms with Gasteiger partial charge in [0.15, 0.2) is 0 Å². The van der Waals surface area contributed by atoms with Crippen molar-refractivity contribution in [2.24, 2.45) is 0 Å². The number of rotatable bonds is 3. The fourth-order valence-corrected chi connectivity index (χ4v) is 1.92. The molecule has 1 fully saturated rings. The zero-order valence-electron chi connectivity index (χ0n) is 11.0. The molecule has 1 unspecified atom stereocenters. The highest BCUT2D eigenvalue weighted by molar-refractivity contribution is 5.95. The van der Waals surface area contributed by atoms with Gasteiger partial charge in [-0.2, -0.15) is 0 Å².